The van der Waals surface area contributed by atoms with Crippen LogP contribution in [-0.4, -0.2) is 0 Å². The van der Waals surface area contributed by atoms with Crippen molar-refractivity contribution in [1.82, 2.24) is 0 Å². The Morgan fingerprint density at radius 3 is 2.55 bits per heavy atom. The number of hydrogen-bond acceptors (Lipinski definition) is 1. The summed E-state index contributed by atoms with van der Waals surface area (Å²) in [6, 6.07) is 25.7. The molecule has 1 aromatic heterocycles. The molecule has 0 bridgehead atoms. The van der Waals surface area contributed by atoms with Crippen LogP contribution in [-0.2, 0) is 32.7 Å². The molecule has 0 saturated carbocycles. The molecule has 0 atom stereocenters. The summed E-state index contributed by atoms with van der Waals surface area (Å²) in [7, 11) is 0. The number of benzene rings is 3. The van der Waals surface area contributed by atoms with Gasteiger partial charge in [-0.3, -0.25) is 11.3 Å². The molecule has 3 aromatic carbocycles. The van der Waals surface area contributed by atoms with Crippen molar-refractivity contribution in [3.8, 4) is 10.4 Å². The van der Waals surface area contributed by atoms with Crippen molar-refractivity contribution in [2.75, 3.05) is 0 Å². The van der Waals surface area contributed by atoms with Crippen molar-refractivity contribution in [2.24, 2.45) is 0 Å². The van der Waals surface area contributed by atoms with Gasteiger partial charge in [-0.05, 0) is 10.8 Å². The quantitative estimate of drug-likeness (QED) is 0.323. The first-order valence-electron chi connectivity index (χ1n) is 6.20. The van der Waals surface area contributed by atoms with Crippen LogP contribution in [0.25, 0.3) is 32.0 Å². The molecule has 0 unspecified atom stereocenters. The van der Waals surface area contributed by atoms with Crippen molar-refractivity contribution in [3.63, 3.8) is 0 Å². The smallest absolute Gasteiger partial charge is 0 e. The van der Waals surface area contributed by atoms with Crippen LogP contribution in [0.5, 0.6) is 0 Å². The third-order valence-corrected chi connectivity index (χ3v) is 4.23. The minimum atomic E-state index is 0. The van der Waals surface area contributed by atoms with Gasteiger partial charge < -0.3 is 0 Å². The van der Waals surface area contributed by atoms with Crippen LogP contribution in [0, 0.1) is 12.1 Å². The zero-order valence-electron chi connectivity index (χ0n) is 10.8. The van der Waals surface area contributed by atoms with Gasteiger partial charge in [0.15, 0.2) is 0 Å². The van der Waals surface area contributed by atoms with Crippen molar-refractivity contribution in [1.29, 1.82) is 0 Å². The van der Waals surface area contributed by atoms with Gasteiger partial charge in [0.2, 0.25) is 0 Å². The molecule has 0 amide bonds. The minimum absolute atomic E-state index is 0. The first-order valence-corrected chi connectivity index (χ1v) is 7.08. The van der Waals surface area contributed by atoms with Crippen molar-refractivity contribution in [3.05, 3.63) is 72.1 Å². The fourth-order valence-electron chi connectivity index (χ4n) is 2.46. The van der Waals surface area contributed by atoms with E-state index in [1.807, 2.05) is 6.07 Å². The molecule has 0 spiro atoms. The van der Waals surface area contributed by atoms with E-state index in [1.54, 1.807) is 11.3 Å². The fraction of sp³-hybridized carbons (Fsp3) is 0. The Kier molecular flexibility index (Phi) is 4.02. The van der Waals surface area contributed by atoms with Crippen LogP contribution in [0.3, 0.4) is 0 Å². The van der Waals surface area contributed by atoms with E-state index in [2.05, 4.69) is 66.0 Å². The Balaban J connectivity index is 0.00000121. The third kappa shape index (κ3) is 2.35. The number of thiophene rings is 1. The Morgan fingerprint density at radius 2 is 1.70 bits per heavy atom. The monoisotopic (exact) mass is 347 g/mol. The minimum Gasteiger partial charge on any atom is -0.290 e. The van der Waals surface area contributed by atoms with Crippen molar-refractivity contribution >= 4 is 32.9 Å². The summed E-state index contributed by atoms with van der Waals surface area (Å²) in [6.45, 7) is 0. The van der Waals surface area contributed by atoms with Crippen LogP contribution in [0.15, 0.2) is 60.0 Å². The molecule has 0 fully saturated rings. The van der Waals surface area contributed by atoms with Gasteiger partial charge in [-0.25, -0.2) is 17.7 Å². The Labute approximate surface area is 147 Å². The molecule has 2 heteroatoms. The molecular formula is C18H10SY-2. The summed E-state index contributed by atoms with van der Waals surface area (Å²) in [6.07, 6.45) is 0. The summed E-state index contributed by atoms with van der Waals surface area (Å²) >= 11 is 1.70. The van der Waals surface area contributed by atoms with Crippen LogP contribution in [0.2, 0.25) is 0 Å². The molecule has 4 aromatic rings. The normalized spacial score (nSPS) is 10.6. The van der Waals surface area contributed by atoms with Crippen LogP contribution in [0.4, 0.5) is 0 Å². The first-order chi connectivity index (χ1) is 9.42. The summed E-state index contributed by atoms with van der Waals surface area (Å²) in [5.41, 5.74) is 1.12. The number of hydrogen-bond donors (Lipinski definition) is 0. The van der Waals surface area contributed by atoms with Crippen molar-refractivity contribution in [2.45, 2.75) is 0 Å². The van der Waals surface area contributed by atoms with Gasteiger partial charge >= 0.3 is 0 Å². The Bertz CT molecular complexity index is 863. The van der Waals surface area contributed by atoms with Gasteiger partial charge in [-0.2, -0.15) is 23.1 Å². The summed E-state index contributed by atoms with van der Waals surface area (Å²) in [4.78, 5) is 1.15. The van der Waals surface area contributed by atoms with Crippen LogP contribution >= 0.6 is 11.3 Å². The van der Waals surface area contributed by atoms with Crippen LogP contribution < -0.4 is 0 Å². The molecule has 0 saturated heterocycles. The molecule has 0 nitrogen and oxygen atoms in total. The molecule has 20 heavy (non-hydrogen) atoms. The SMILES string of the molecule is [Y].[c-]1cc2ccc3ccccc3c2cc1-c1[c-]ccs1. The molecular weight excluding hydrogens is 337 g/mol. The Hall–Kier alpha value is -1.02. The van der Waals surface area contributed by atoms with Gasteiger partial charge in [0.1, 0.15) is 0 Å². The van der Waals surface area contributed by atoms with Gasteiger partial charge in [-0.15, -0.1) is 16.2 Å². The van der Waals surface area contributed by atoms with Gasteiger partial charge in [0, 0.05) is 32.7 Å². The first kappa shape index (κ1) is 13.9. The van der Waals surface area contributed by atoms with E-state index in [9.17, 15) is 0 Å². The molecule has 1 heterocycles. The van der Waals surface area contributed by atoms with Gasteiger partial charge in [0.25, 0.3) is 0 Å². The maximum absolute atomic E-state index is 3.36. The van der Waals surface area contributed by atoms with E-state index in [4.69, 9.17) is 0 Å². The second-order valence-electron chi connectivity index (χ2n) is 4.53. The number of rotatable bonds is 1. The second-order valence-corrected chi connectivity index (χ2v) is 5.45. The third-order valence-electron chi connectivity index (χ3n) is 3.39. The Morgan fingerprint density at radius 1 is 0.850 bits per heavy atom. The summed E-state index contributed by atoms with van der Waals surface area (Å²) in [5.74, 6) is 0. The largest absolute Gasteiger partial charge is 0.290 e. The topological polar surface area (TPSA) is 0 Å². The van der Waals surface area contributed by atoms with Crippen molar-refractivity contribution < 1.29 is 32.7 Å². The van der Waals surface area contributed by atoms with E-state index in [1.165, 1.54) is 21.5 Å². The maximum atomic E-state index is 3.36. The number of fused-ring (bicyclic) bond motifs is 3. The standard InChI is InChI=1S/C18H10S.Y/c1-2-5-16-13(4-1)7-8-14-9-10-15(12-17(14)16)18-6-3-11-19-18;/h1-5,7-9,11-12H;/q-2;. The van der Waals surface area contributed by atoms with E-state index >= 15 is 0 Å². The maximum Gasteiger partial charge on any atom is 0 e. The van der Waals surface area contributed by atoms with E-state index < -0.39 is 0 Å². The van der Waals surface area contributed by atoms with Crippen LogP contribution in [0.1, 0.15) is 0 Å². The summed E-state index contributed by atoms with van der Waals surface area (Å²) < 4.78 is 0. The fourth-order valence-corrected chi connectivity index (χ4v) is 3.11. The molecule has 0 aliphatic carbocycles. The molecule has 0 aliphatic rings. The molecule has 93 valence electrons. The molecule has 1 radical (unpaired) electrons. The molecule has 4 rings (SSSR count). The average molecular weight is 347 g/mol. The van der Waals surface area contributed by atoms with E-state index in [0.717, 1.165) is 10.4 Å². The van der Waals surface area contributed by atoms with E-state index in [-0.39, 0.29) is 32.7 Å². The van der Waals surface area contributed by atoms with Gasteiger partial charge in [0.05, 0.1) is 0 Å². The predicted molar refractivity (Wildman–Crippen MR) is 82.4 cm³/mol. The zero-order valence-corrected chi connectivity index (χ0v) is 14.4. The van der Waals surface area contributed by atoms with Gasteiger partial charge in [-0.1, -0.05) is 36.4 Å². The zero-order chi connectivity index (χ0) is 12.7. The second kappa shape index (κ2) is 5.77. The molecule has 0 aliphatic heterocycles. The average Bonchev–Trinajstić information content (AvgIpc) is 3.01. The van der Waals surface area contributed by atoms with E-state index in [0.29, 0.717) is 0 Å². The molecule has 0 N–H and O–H groups in total. The predicted octanol–water partition coefficient (Wildman–Crippen LogP) is 5.32. The summed E-state index contributed by atoms with van der Waals surface area (Å²) in [5, 5.41) is 7.15.